The first-order valence-electron chi connectivity index (χ1n) is 14.7. The van der Waals surface area contributed by atoms with Crippen LogP contribution in [0.25, 0.3) is 0 Å². The predicted octanol–water partition coefficient (Wildman–Crippen LogP) is 2.41. The number of ether oxygens (including phenoxy) is 3. The van der Waals surface area contributed by atoms with Crippen molar-refractivity contribution in [3.05, 3.63) is 0 Å². The fourth-order valence-corrected chi connectivity index (χ4v) is 5.92. The van der Waals surface area contributed by atoms with Crippen LogP contribution in [0.2, 0.25) is 0 Å². The molecule has 1 heterocycles. The maximum absolute atomic E-state index is 12.6. The molecule has 0 aromatic heterocycles. The summed E-state index contributed by atoms with van der Waals surface area (Å²) in [7, 11) is 0. The van der Waals surface area contributed by atoms with Gasteiger partial charge in [-0.1, -0.05) is 26.7 Å². The molecule has 10 nitrogen and oxygen atoms in total. The maximum atomic E-state index is 12.6. The molecule has 228 valence electrons. The van der Waals surface area contributed by atoms with E-state index in [1.54, 1.807) is 0 Å². The van der Waals surface area contributed by atoms with E-state index in [-0.39, 0.29) is 18.1 Å². The van der Waals surface area contributed by atoms with Crippen molar-refractivity contribution in [1.29, 1.82) is 0 Å². The van der Waals surface area contributed by atoms with Crippen molar-refractivity contribution in [2.75, 3.05) is 13.2 Å². The van der Waals surface area contributed by atoms with E-state index < -0.39 is 48.7 Å². The first kappa shape index (κ1) is 33.9. The Hall–Kier alpha value is -1.30. The van der Waals surface area contributed by atoms with Gasteiger partial charge in [0.25, 0.3) is 0 Å². The maximum Gasteiger partial charge on any atom is 0.220 e. The van der Waals surface area contributed by atoms with Crippen molar-refractivity contribution >= 4 is 11.8 Å². The number of aliphatic hydroxyl groups excluding tert-OH is 3. The van der Waals surface area contributed by atoms with Crippen LogP contribution < -0.4 is 10.6 Å². The highest BCUT2D eigenvalue weighted by molar-refractivity contribution is 5.76. The highest BCUT2D eigenvalue weighted by Gasteiger charge is 2.45. The zero-order valence-corrected chi connectivity index (χ0v) is 25.1. The monoisotopic (exact) mass is 558 g/mol. The zero-order valence-electron chi connectivity index (χ0n) is 25.1. The number of carbonyl (C=O) groups excluding carboxylic acids is 2. The molecule has 2 rings (SSSR count). The highest BCUT2D eigenvalue weighted by Crippen LogP contribution is 2.40. The lowest BCUT2D eigenvalue weighted by atomic mass is 9.73. The summed E-state index contributed by atoms with van der Waals surface area (Å²) in [6.07, 6.45) is 2.28. The third kappa shape index (κ3) is 10.9. The van der Waals surface area contributed by atoms with Crippen LogP contribution in [0.4, 0.5) is 0 Å². The topological polar surface area (TPSA) is 147 Å². The highest BCUT2D eigenvalue weighted by atomic mass is 16.7. The van der Waals surface area contributed by atoms with Gasteiger partial charge in [-0.05, 0) is 71.6 Å². The zero-order chi connectivity index (χ0) is 29.4. The summed E-state index contributed by atoms with van der Waals surface area (Å²) in [4.78, 5) is 24.1. The Morgan fingerprint density at radius 2 is 1.74 bits per heavy atom. The van der Waals surface area contributed by atoms with Crippen LogP contribution in [0.15, 0.2) is 0 Å². The summed E-state index contributed by atoms with van der Waals surface area (Å²) in [5.74, 6) is 1.12. The molecule has 5 N–H and O–H groups in total. The van der Waals surface area contributed by atoms with Crippen LogP contribution in [0.1, 0.15) is 99.8 Å². The average Bonchev–Trinajstić information content (AvgIpc) is 2.80. The summed E-state index contributed by atoms with van der Waals surface area (Å²) in [6.45, 7) is 13.9. The predicted molar refractivity (Wildman–Crippen MR) is 148 cm³/mol. The largest absolute Gasteiger partial charge is 0.394 e. The molecule has 0 aromatic rings. The van der Waals surface area contributed by atoms with E-state index in [0.717, 1.165) is 37.5 Å². The SMILES string of the molecule is CCC(C)C1CC(OC(C)(C)CC(C)(C)NC(=O)CCCCCOC2OC(CO)C(O)C(O)[C@@H]2NC(C)=O)C1. The number of aliphatic hydroxyl groups is 3. The summed E-state index contributed by atoms with van der Waals surface area (Å²) in [5, 5.41) is 35.5. The lowest BCUT2D eigenvalue weighted by Crippen LogP contribution is -2.64. The molecule has 2 amide bonds. The van der Waals surface area contributed by atoms with Gasteiger partial charge in [0.05, 0.1) is 18.3 Å². The normalized spacial score (nSPS) is 30.4. The molecular weight excluding hydrogens is 504 g/mol. The second kappa shape index (κ2) is 15.1. The van der Waals surface area contributed by atoms with E-state index in [0.29, 0.717) is 25.4 Å². The van der Waals surface area contributed by atoms with Gasteiger partial charge in [0.15, 0.2) is 6.29 Å². The Morgan fingerprint density at radius 3 is 2.33 bits per heavy atom. The Morgan fingerprint density at radius 1 is 1.08 bits per heavy atom. The Balaban J connectivity index is 1.67. The van der Waals surface area contributed by atoms with Crippen LogP contribution in [0.3, 0.4) is 0 Å². The van der Waals surface area contributed by atoms with Gasteiger partial charge >= 0.3 is 0 Å². The molecule has 1 aliphatic carbocycles. The van der Waals surface area contributed by atoms with Crippen molar-refractivity contribution in [2.45, 2.75) is 148 Å². The first-order valence-corrected chi connectivity index (χ1v) is 14.7. The van der Waals surface area contributed by atoms with E-state index in [1.165, 1.54) is 13.3 Å². The molecule has 0 spiro atoms. The molecule has 39 heavy (non-hydrogen) atoms. The van der Waals surface area contributed by atoms with Gasteiger partial charge in [0, 0.05) is 25.5 Å². The summed E-state index contributed by atoms with van der Waals surface area (Å²) < 4.78 is 17.7. The van der Waals surface area contributed by atoms with Gasteiger partial charge in [-0.25, -0.2) is 0 Å². The van der Waals surface area contributed by atoms with Gasteiger partial charge in [-0.15, -0.1) is 0 Å². The quantitative estimate of drug-likeness (QED) is 0.182. The third-order valence-corrected chi connectivity index (χ3v) is 7.99. The number of carbonyl (C=O) groups is 2. The summed E-state index contributed by atoms with van der Waals surface area (Å²) in [6, 6.07) is -0.952. The second-order valence-corrected chi connectivity index (χ2v) is 12.8. The van der Waals surface area contributed by atoms with Crippen molar-refractivity contribution in [3.8, 4) is 0 Å². The van der Waals surface area contributed by atoms with Crippen LogP contribution >= 0.6 is 0 Å². The summed E-state index contributed by atoms with van der Waals surface area (Å²) in [5.41, 5.74) is -0.719. The van der Waals surface area contributed by atoms with Crippen LogP contribution in [-0.2, 0) is 23.8 Å². The van der Waals surface area contributed by atoms with E-state index in [2.05, 4.69) is 38.3 Å². The van der Waals surface area contributed by atoms with Crippen molar-refractivity contribution in [1.82, 2.24) is 10.6 Å². The molecule has 2 aliphatic rings. The van der Waals surface area contributed by atoms with E-state index in [1.807, 2.05) is 13.8 Å². The van der Waals surface area contributed by atoms with Gasteiger partial charge in [0.1, 0.15) is 24.4 Å². The van der Waals surface area contributed by atoms with Gasteiger partial charge in [-0.3, -0.25) is 9.59 Å². The lowest BCUT2D eigenvalue weighted by molar-refractivity contribution is -0.270. The number of hydrogen-bond donors (Lipinski definition) is 5. The third-order valence-electron chi connectivity index (χ3n) is 7.99. The molecule has 0 radical (unpaired) electrons. The Kier molecular flexibility index (Phi) is 13.1. The molecule has 10 heteroatoms. The van der Waals surface area contributed by atoms with Crippen molar-refractivity contribution < 1.29 is 39.1 Å². The molecule has 0 bridgehead atoms. The number of rotatable bonds is 16. The van der Waals surface area contributed by atoms with Crippen molar-refractivity contribution in [2.24, 2.45) is 11.8 Å². The number of nitrogens with one attached hydrogen (secondary N) is 2. The fraction of sp³-hybridized carbons (Fsp3) is 0.931. The summed E-state index contributed by atoms with van der Waals surface area (Å²) >= 11 is 0. The Bertz CT molecular complexity index is 770. The van der Waals surface area contributed by atoms with Gasteiger partial charge in [0.2, 0.25) is 11.8 Å². The number of hydrogen-bond acceptors (Lipinski definition) is 8. The van der Waals surface area contributed by atoms with Crippen LogP contribution in [0, 0.1) is 11.8 Å². The van der Waals surface area contributed by atoms with Gasteiger partial charge in [-0.2, -0.15) is 0 Å². The average molecular weight is 559 g/mol. The van der Waals surface area contributed by atoms with Crippen molar-refractivity contribution in [3.63, 3.8) is 0 Å². The minimum Gasteiger partial charge on any atom is -0.394 e. The Labute approximate surface area is 234 Å². The second-order valence-electron chi connectivity index (χ2n) is 12.8. The molecule has 1 aliphatic heterocycles. The van der Waals surface area contributed by atoms with Crippen LogP contribution in [0.5, 0.6) is 0 Å². The van der Waals surface area contributed by atoms with E-state index >= 15 is 0 Å². The first-order chi connectivity index (χ1) is 18.2. The molecule has 6 atom stereocenters. The number of amides is 2. The minimum atomic E-state index is -1.34. The molecule has 1 saturated carbocycles. The minimum absolute atomic E-state index is 0.00132. The lowest BCUT2D eigenvalue weighted by Gasteiger charge is -2.44. The number of unbranched alkanes of at least 4 members (excludes halogenated alkanes) is 2. The molecular formula is C29H54N2O8. The van der Waals surface area contributed by atoms with Gasteiger partial charge < -0.3 is 40.2 Å². The molecule has 0 aromatic carbocycles. The molecule has 5 unspecified atom stereocenters. The molecule has 1 saturated heterocycles. The smallest absolute Gasteiger partial charge is 0.220 e. The van der Waals surface area contributed by atoms with Crippen LogP contribution in [-0.4, -0.2) is 88.2 Å². The van der Waals surface area contributed by atoms with E-state index in [4.69, 9.17) is 14.2 Å². The molecule has 2 fully saturated rings. The fourth-order valence-electron chi connectivity index (χ4n) is 5.92. The standard InChI is InChI=1S/C29H54N2O8/c1-8-18(2)20-14-21(15-20)39-29(6,7)17-28(4,5)31-23(34)12-10-9-11-13-37-27-24(30-19(3)33)26(36)25(35)22(16-32)38-27/h18,20-22,24-27,32,35-36H,8-17H2,1-7H3,(H,30,33)(H,31,34)/t18?,20?,21?,22?,24-,25?,26?,27?/m0/s1. The van der Waals surface area contributed by atoms with E-state index in [9.17, 15) is 24.9 Å².